The molecule has 0 aliphatic carbocycles. The monoisotopic (exact) mass is 232 g/mol. The second-order valence-electron chi connectivity index (χ2n) is 5.41. The van der Waals surface area contributed by atoms with Gasteiger partial charge in [-0.25, -0.2) is 0 Å². The highest BCUT2D eigenvalue weighted by atomic mass is 16.5. The van der Waals surface area contributed by atoms with Gasteiger partial charge in [0.1, 0.15) is 5.75 Å². The van der Waals surface area contributed by atoms with Gasteiger partial charge in [-0.1, -0.05) is 19.9 Å². The highest BCUT2D eigenvalue weighted by Gasteiger charge is 2.33. The summed E-state index contributed by atoms with van der Waals surface area (Å²) in [6, 6.07) is 4.32. The molecule has 92 valence electrons. The first kappa shape index (κ1) is 12.2. The SMILES string of the molecule is CC(=CCO)c1cc(C)c2c(c1)C(C)(C)CO2. The number of fused-ring (bicyclic) bond motifs is 1. The molecule has 2 nitrogen and oxygen atoms in total. The second kappa shape index (κ2) is 4.19. The van der Waals surface area contributed by atoms with Crippen molar-refractivity contribution in [1.29, 1.82) is 0 Å². The molecular formula is C15H20O2. The molecule has 0 saturated heterocycles. The molecule has 0 atom stereocenters. The molecule has 0 amide bonds. The van der Waals surface area contributed by atoms with Crippen LogP contribution in [-0.4, -0.2) is 18.3 Å². The van der Waals surface area contributed by atoms with E-state index in [1.165, 1.54) is 16.7 Å². The third-order valence-electron chi connectivity index (χ3n) is 3.43. The molecule has 0 saturated carbocycles. The number of allylic oxidation sites excluding steroid dienone is 1. The van der Waals surface area contributed by atoms with Gasteiger partial charge in [0, 0.05) is 11.0 Å². The molecule has 1 heterocycles. The standard InChI is InChI=1S/C15H20O2/c1-10(5-6-16)12-7-11(2)14-13(8-12)15(3,4)9-17-14/h5,7-8,16H,6,9H2,1-4H3. The maximum Gasteiger partial charge on any atom is 0.126 e. The van der Waals surface area contributed by atoms with Crippen LogP contribution in [0.4, 0.5) is 0 Å². The molecule has 0 radical (unpaired) electrons. The Morgan fingerprint density at radius 1 is 1.47 bits per heavy atom. The van der Waals surface area contributed by atoms with E-state index < -0.39 is 0 Å². The van der Waals surface area contributed by atoms with Crippen molar-refractivity contribution in [2.45, 2.75) is 33.1 Å². The van der Waals surface area contributed by atoms with Gasteiger partial charge >= 0.3 is 0 Å². The minimum absolute atomic E-state index is 0.0790. The number of hydrogen-bond donors (Lipinski definition) is 1. The van der Waals surface area contributed by atoms with Gasteiger partial charge in [0.15, 0.2) is 0 Å². The molecule has 1 N–H and O–H groups in total. The lowest BCUT2D eigenvalue weighted by molar-refractivity contribution is 0.290. The van der Waals surface area contributed by atoms with Crippen LogP contribution < -0.4 is 4.74 Å². The number of ether oxygens (including phenoxy) is 1. The average Bonchev–Trinajstić information content (AvgIpc) is 2.56. The molecule has 1 aliphatic rings. The van der Waals surface area contributed by atoms with E-state index in [4.69, 9.17) is 9.84 Å². The third kappa shape index (κ3) is 2.09. The number of hydrogen-bond acceptors (Lipinski definition) is 2. The predicted octanol–water partition coefficient (Wildman–Crippen LogP) is 3.06. The lowest BCUT2D eigenvalue weighted by Gasteiger charge is -2.16. The van der Waals surface area contributed by atoms with E-state index in [0.717, 1.165) is 17.9 Å². The Morgan fingerprint density at radius 3 is 2.82 bits per heavy atom. The third-order valence-corrected chi connectivity index (χ3v) is 3.43. The summed E-state index contributed by atoms with van der Waals surface area (Å²) in [4.78, 5) is 0. The zero-order valence-corrected chi connectivity index (χ0v) is 11.0. The van der Waals surface area contributed by atoms with Crippen LogP contribution in [0, 0.1) is 6.92 Å². The Kier molecular flexibility index (Phi) is 3.00. The molecule has 0 fully saturated rings. The lowest BCUT2D eigenvalue weighted by Crippen LogP contribution is -2.18. The number of rotatable bonds is 2. The number of aliphatic hydroxyl groups excluding tert-OH is 1. The van der Waals surface area contributed by atoms with Gasteiger partial charge in [-0.05, 0) is 42.7 Å². The van der Waals surface area contributed by atoms with Crippen LogP contribution in [-0.2, 0) is 5.41 Å². The Balaban J connectivity index is 2.54. The van der Waals surface area contributed by atoms with E-state index in [2.05, 4.69) is 32.9 Å². The molecule has 0 spiro atoms. The summed E-state index contributed by atoms with van der Waals surface area (Å²) in [7, 11) is 0. The van der Waals surface area contributed by atoms with E-state index in [-0.39, 0.29) is 12.0 Å². The van der Waals surface area contributed by atoms with Crippen LogP contribution in [0.1, 0.15) is 37.5 Å². The Hall–Kier alpha value is -1.28. The zero-order chi connectivity index (χ0) is 12.6. The van der Waals surface area contributed by atoms with E-state index >= 15 is 0 Å². The summed E-state index contributed by atoms with van der Waals surface area (Å²) in [5, 5.41) is 8.96. The van der Waals surface area contributed by atoms with Crippen LogP contribution >= 0.6 is 0 Å². The fourth-order valence-corrected chi connectivity index (χ4v) is 2.28. The summed E-state index contributed by atoms with van der Waals surface area (Å²) in [5.41, 5.74) is 4.82. The van der Waals surface area contributed by atoms with Crippen LogP contribution in [0.3, 0.4) is 0 Å². The second-order valence-corrected chi connectivity index (χ2v) is 5.41. The summed E-state index contributed by atoms with van der Waals surface area (Å²) < 4.78 is 5.77. The average molecular weight is 232 g/mol. The van der Waals surface area contributed by atoms with Crippen LogP contribution in [0.25, 0.3) is 5.57 Å². The highest BCUT2D eigenvalue weighted by Crippen LogP contribution is 2.42. The zero-order valence-electron chi connectivity index (χ0n) is 11.0. The lowest BCUT2D eigenvalue weighted by atomic mass is 9.84. The van der Waals surface area contributed by atoms with E-state index in [0.29, 0.717) is 0 Å². The van der Waals surface area contributed by atoms with Crippen LogP contribution in [0.15, 0.2) is 18.2 Å². The molecule has 0 aromatic heterocycles. The summed E-state index contributed by atoms with van der Waals surface area (Å²) in [5.74, 6) is 1.04. The Morgan fingerprint density at radius 2 is 2.18 bits per heavy atom. The van der Waals surface area contributed by atoms with Crippen molar-refractivity contribution in [3.8, 4) is 5.75 Å². The maximum absolute atomic E-state index is 8.96. The molecule has 1 aromatic carbocycles. The first-order valence-corrected chi connectivity index (χ1v) is 6.01. The van der Waals surface area contributed by atoms with Gasteiger partial charge < -0.3 is 9.84 Å². The molecular weight excluding hydrogens is 212 g/mol. The van der Waals surface area contributed by atoms with Gasteiger partial charge in [0.25, 0.3) is 0 Å². The predicted molar refractivity (Wildman–Crippen MR) is 70.4 cm³/mol. The minimum Gasteiger partial charge on any atom is -0.492 e. The Labute approximate surface area is 103 Å². The first-order chi connectivity index (χ1) is 7.95. The van der Waals surface area contributed by atoms with E-state index in [1.807, 2.05) is 13.0 Å². The molecule has 17 heavy (non-hydrogen) atoms. The fraction of sp³-hybridized carbons (Fsp3) is 0.467. The minimum atomic E-state index is 0.0790. The van der Waals surface area contributed by atoms with Gasteiger partial charge in [-0.15, -0.1) is 0 Å². The Bertz CT molecular complexity index is 470. The summed E-state index contributed by atoms with van der Waals surface area (Å²) >= 11 is 0. The molecule has 1 aromatic rings. The van der Waals surface area contributed by atoms with E-state index in [1.54, 1.807) is 0 Å². The van der Waals surface area contributed by atoms with Crippen molar-refractivity contribution in [3.63, 3.8) is 0 Å². The van der Waals surface area contributed by atoms with Crippen LogP contribution in [0.2, 0.25) is 0 Å². The largest absolute Gasteiger partial charge is 0.492 e. The summed E-state index contributed by atoms with van der Waals surface area (Å²) in [6.07, 6.45) is 1.84. The van der Waals surface area contributed by atoms with Crippen molar-refractivity contribution in [3.05, 3.63) is 34.9 Å². The number of aryl methyl sites for hydroxylation is 1. The quantitative estimate of drug-likeness (QED) is 0.849. The highest BCUT2D eigenvalue weighted by molar-refractivity contribution is 5.68. The first-order valence-electron chi connectivity index (χ1n) is 6.01. The topological polar surface area (TPSA) is 29.5 Å². The molecule has 0 bridgehead atoms. The molecule has 2 heteroatoms. The van der Waals surface area contributed by atoms with Crippen molar-refractivity contribution < 1.29 is 9.84 Å². The van der Waals surface area contributed by atoms with Crippen molar-refractivity contribution >= 4 is 5.57 Å². The van der Waals surface area contributed by atoms with Crippen molar-refractivity contribution in [1.82, 2.24) is 0 Å². The molecule has 1 aliphatic heterocycles. The molecule has 0 unspecified atom stereocenters. The number of benzene rings is 1. The van der Waals surface area contributed by atoms with Crippen molar-refractivity contribution in [2.24, 2.45) is 0 Å². The van der Waals surface area contributed by atoms with Gasteiger partial charge in [0.2, 0.25) is 0 Å². The van der Waals surface area contributed by atoms with Crippen LogP contribution in [0.5, 0.6) is 5.75 Å². The van der Waals surface area contributed by atoms with E-state index in [9.17, 15) is 0 Å². The smallest absolute Gasteiger partial charge is 0.126 e. The van der Waals surface area contributed by atoms with Gasteiger partial charge in [-0.2, -0.15) is 0 Å². The summed E-state index contributed by atoms with van der Waals surface area (Å²) in [6.45, 7) is 9.34. The fourth-order valence-electron chi connectivity index (χ4n) is 2.28. The molecule has 2 rings (SSSR count). The maximum atomic E-state index is 8.96. The normalized spacial score (nSPS) is 17.8. The van der Waals surface area contributed by atoms with Gasteiger partial charge in [-0.3, -0.25) is 0 Å². The van der Waals surface area contributed by atoms with Crippen molar-refractivity contribution in [2.75, 3.05) is 13.2 Å². The van der Waals surface area contributed by atoms with Gasteiger partial charge in [0.05, 0.1) is 13.2 Å². The number of aliphatic hydroxyl groups is 1.